The Morgan fingerprint density at radius 3 is 1.16 bits per heavy atom. The molecule has 2 saturated heterocycles. The molecule has 0 N–H and O–H groups in total. The lowest BCUT2D eigenvalue weighted by atomic mass is 10.0. The second-order valence-electron chi connectivity index (χ2n) is 12.3. The Kier molecular flexibility index (Phi) is 11.9. The number of carbonyl (C=O) groups is 2. The summed E-state index contributed by atoms with van der Waals surface area (Å²) in [6.07, 6.45) is -0.765. The van der Waals surface area contributed by atoms with E-state index in [4.69, 9.17) is 51.1 Å². The zero-order valence-electron chi connectivity index (χ0n) is 27.0. The molecule has 0 bridgehead atoms. The molecule has 0 aliphatic carbocycles. The summed E-state index contributed by atoms with van der Waals surface area (Å²) in [4.78, 5) is 35.7. The Balaban J connectivity index is 1.13. The lowest BCUT2D eigenvalue weighted by Crippen LogP contribution is -2.49. The molecule has 49 heavy (non-hydrogen) atoms. The van der Waals surface area contributed by atoms with Crippen molar-refractivity contribution in [2.75, 3.05) is 62.2 Å². The van der Waals surface area contributed by atoms with Crippen LogP contribution in [0.25, 0.3) is 0 Å². The normalized spacial score (nSPS) is 16.4. The minimum absolute atomic E-state index is 0.00742. The summed E-state index contributed by atoms with van der Waals surface area (Å²) in [6, 6.07) is 30.6. The van der Waals surface area contributed by atoms with Crippen LogP contribution in [0, 0.1) is 0 Å². The average molecular weight is 741 g/mol. The fourth-order valence-corrected chi connectivity index (χ4v) is 7.50. The summed E-state index contributed by atoms with van der Waals surface area (Å²) in [5, 5.41) is 2.34. The first-order chi connectivity index (χ1) is 23.7. The maximum atomic E-state index is 13.8. The van der Waals surface area contributed by atoms with Gasteiger partial charge in [-0.05, 0) is 47.5 Å². The minimum Gasteiger partial charge on any atom is -0.368 e. The van der Waals surface area contributed by atoms with Crippen LogP contribution in [0.5, 0.6) is 0 Å². The van der Waals surface area contributed by atoms with E-state index in [0.29, 0.717) is 72.4 Å². The number of hydrogen-bond donors (Lipinski definition) is 0. The second-order valence-corrected chi connectivity index (χ2v) is 14.1. The third-order valence-electron chi connectivity index (χ3n) is 9.08. The predicted octanol–water partition coefficient (Wildman–Crippen LogP) is 8.58. The standard InChI is InChI=1S/C38H38Cl4N4O3/c39-29-19-30(40)22-33(21-29)43-11-15-45(16-12-43)37(47)25-35(27-7-3-1-4-8-27)49-36(28-9-5-2-6-10-28)26-38(48)46-17-13-44(14-18-46)34-23-31(41)20-32(42)24-34/h1-10,19-24,35-36H,11-18,25-26H2. The molecule has 11 heteroatoms. The summed E-state index contributed by atoms with van der Waals surface area (Å²) >= 11 is 25.0. The van der Waals surface area contributed by atoms with Gasteiger partial charge in [-0.1, -0.05) is 107 Å². The van der Waals surface area contributed by atoms with Gasteiger partial charge in [0.15, 0.2) is 0 Å². The van der Waals surface area contributed by atoms with Gasteiger partial charge in [0, 0.05) is 83.8 Å². The lowest BCUT2D eigenvalue weighted by molar-refractivity contribution is -0.139. The fourth-order valence-electron chi connectivity index (χ4n) is 6.47. The Bertz CT molecular complexity index is 1560. The Hall–Kier alpha value is -3.46. The van der Waals surface area contributed by atoms with Crippen molar-refractivity contribution in [1.82, 2.24) is 9.80 Å². The zero-order chi connectivity index (χ0) is 34.3. The number of ether oxygens (including phenoxy) is 1. The number of benzene rings is 4. The number of rotatable bonds is 10. The van der Waals surface area contributed by atoms with Crippen LogP contribution in [0.4, 0.5) is 11.4 Å². The van der Waals surface area contributed by atoms with E-state index in [1.807, 2.05) is 94.7 Å². The van der Waals surface area contributed by atoms with Crippen LogP contribution in [-0.4, -0.2) is 74.0 Å². The summed E-state index contributed by atoms with van der Waals surface area (Å²) in [5.74, 6) is 0.0148. The maximum absolute atomic E-state index is 13.8. The Morgan fingerprint density at radius 1 is 0.510 bits per heavy atom. The maximum Gasteiger partial charge on any atom is 0.225 e. The van der Waals surface area contributed by atoms with Crippen molar-refractivity contribution in [3.05, 3.63) is 128 Å². The molecule has 7 nitrogen and oxygen atoms in total. The van der Waals surface area contributed by atoms with E-state index >= 15 is 0 Å². The van der Waals surface area contributed by atoms with Crippen LogP contribution >= 0.6 is 46.4 Å². The molecule has 6 rings (SSSR count). The van der Waals surface area contributed by atoms with E-state index in [1.165, 1.54) is 0 Å². The molecule has 2 aliphatic heterocycles. The molecular formula is C38H38Cl4N4O3. The molecule has 0 radical (unpaired) electrons. The minimum atomic E-state index is -0.541. The van der Waals surface area contributed by atoms with E-state index in [2.05, 4.69) is 9.80 Å². The Labute approximate surface area is 307 Å². The van der Waals surface area contributed by atoms with Crippen LogP contribution in [-0.2, 0) is 14.3 Å². The molecule has 2 atom stereocenters. The van der Waals surface area contributed by atoms with E-state index in [1.54, 1.807) is 12.1 Å². The van der Waals surface area contributed by atoms with Crippen molar-refractivity contribution in [1.29, 1.82) is 0 Å². The van der Waals surface area contributed by atoms with Crippen LogP contribution in [0.3, 0.4) is 0 Å². The summed E-state index contributed by atoms with van der Waals surface area (Å²) < 4.78 is 6.80. The van der Waals surface area contributed by atoms with Crippen LogP contribution in [0.15, 0.2) is 97.1 Å². The predicted molar refractivity (Wildman–Crippen MR) is 199 cm³/mol. The monoisotopic (exact) mass is 738 g/mol. The summed E-state index contributed by atoms with van der Waals surface area (Å²) in [6.45, 7) is 4.93. The molecule has 256 valence electrons. The first kappa shape index (κ1) is 35.4. The van der Waals surface area contributed by atoms with Crippen molar-refractivity contribution < 1.29 is 14.3 Å². The largest absolute Gasteiger partial charge is 0.368 e. The van der Waals surface area contributed by atoms with Gasteiger partial charge in [-0.25, -0.2) is 0 Å². The fraction of sp³-hybridized carbons (Fsp3) is 0.316. The Morgan fingerprint density at radius 2 is 0.837 bits per heavy atom. The van der Waals surface area contributed by atoms with Gasteiger partial charge in [0.05, 0.1) is 25.0 Å². The highest BCUT2D eigenvalue weighted by Gasteiger charge is 2.30. The molecular weight excluding hydrogens is 702 g/mol. The summed E-state index contributed by atoms with van der Waals surface area (Å²) in [5.41, 5.74) is 3.68. The third-order valence-corrected chi connectivity index (χ3v) is 9.95. The van der Waals surface area contributed by atoms with Gasteiger partial charge >= 0.3 is 0 Å². The lowest BCUT2D eigenvalue weighted by Gasteiger charge is -2.37. The highest BCUT2D eigenvalue weighted by molar-refractivity contribution is 6.35. The van der Waals surface area contributed by atoms with Crippen LogP contribution in [0.2, 0.25) is 20.1 Å². The molecule has 2 unspecified atom stereocenters. The smallest absolute Gasteiger partial charge is 0.225 e. The number of nitrogens with zero attached hydrogens (tertiary/aromatic N) is 4. The zero-order valence-corrected chi connectivity index (χ0v) is 30.0. The van der Waals surface area contributed by atoms with E-state index in [-0.39, 0.29) is 24.7 Å². The van der Waals surface area contributed by atoms with Gasteiger partial charge in [-0.3, -0.25) is 9.59 Å². The first-order valence-corrected chi connectivity index (χ1v) is 18.0. The van der Waals surface area contributed by atoms with E-state index in [0.717, 1.165) is 22.5 Å². The van der Waals surface area contributed by atoms with Gasteiger partial charge in [-0.15, -0.1) is 0 Å². The molecule has 2 aliphatic rings. The van der Waals surface area contributed by atoms with Crippen molar-refractivity contribution >= 4 is 69.6 Å². The van der Waals surface area contributed by atoms with Crippen molar-refractivity contribution in [3.63, 3.8) is 0 Å². The molecule has 2 fully saturated rings. The van der Waals surface area contributed by atoms with Gasteiger partial charge in [0.1, 0.15) is 0 Å². The SMILES string of the molecule is O=C(CC(OC(CC(=O)N1CCN(c2cc(Cl)cc(Cl)c2)CC1)c1ccccc1)c1ccccc1)N1CCN(c2cc(Cl)cc(Cl)c2)CC1. The van der Waals surface area contributed by atoms with Gasteiger partial charge in [-0.2, -0.15) is 0 Å². The second kappa shape index (κ2) is 16.5. The summed E-state index contributed by atoms with van der Waals surface area (Å²) in [7, 11) is 0. The van der Waals surface area contributed by atoms with Crippen LogP contribution in [0.1, 0.15) is 36.2 Å². The van der Waals surface area contributed by atoms with E-state index < -0.39 is 12.2 Å². The quantitative estimate of drug-likeness (QED) is 0.163. The van der Waals surface area contributed by atoms with Gasteiger partial charge in [0.2, 0.25) is 11.8 Å². The molecule has 4 aromatic rings. The van der Waals surface area contributed by atoms with Crippen molar-refractivity contribution in [2.24, 2.45) is 0 Å². The number of anilines is 2. The highest BCUT2D eigenvalue weighted by atomic mass is 35.5. The number of halogens is 4. The third kappa shape index (κ3) is 9.41. The number of hydrogen-bond acceptors (Lipinski definition) is 5. The first-order valence-electron chi connectivity index (χ1n) is 16.4. The van der Waals surface area contributed by atoms with Crippen molar-refractivity contribution in [2.45, 2.75) is 25.0 Å². The molecule has 0 saturated carbocycles. The average Bonchev–Trinajstić information content (AvgIpc) is 3.11. The number of piperazine rings is 2. The molecule has 4 aromatic carbocycles. The van der Waals surface area contributed by atoms with E-state index in [9.17, 15) is 9.59 Å². The number of amides is 2. The topological polar surface area (TPSA) is 56.3 Å². The molecule has 2 amide bonds. The van der Waals surface area contributed by atoms with Crippen LogP contribution < -0.4 is 9.80 Å². The molecule has 0 spiro atoms. The number of carbonyl (C=O) groups excluding carboxylic acids is 2. The van der Waals surface area contributed by atoms with Gasteiger partial charge < -0.3 is 24.3 Å². The molecule has 0 aromatic heterocycles. The van der Waals surface area contributed by atoms with Gasteiger partial charge in [0.25, 0.3) is 0 Å². The highest BCUT2D eigenvalue weighted by Crippen LogP contribution is 2.34. The molecule has 2 heterocycles. The van der Waals surface area contributed by atoms with Crippen molar-refractivity contribution in [3.8, 4) is 0 Å².